The first-order chi connectivity index (χ1) is 12.0. The summed E-state index contributed by atoms with van der Waals surface area (Å²) in [4.78, 5) is 24.3. The zero-order valence-corrected chi connectivity index (χ0v) is 17.1. The Bertz CT molecular complexity index is 793. The van der Waals surface area contributed by atoms with Crippen molar-refractivity contribution in [3.05, 3.63) is 21.5 Å². The van der Waals surface area contributed by atoms with E-state index in [-0.39, 0.29) is 11.8 Å². The number of nitrogens with one attached hydrogen (secondary N) is 2. The number of hydrogen-bond donors (Lipinski definition) is 2. The number of Topliss-reactive ketones (excluding diaryl/α,β-unsaturated/α-hetero) is 2. The number of ketones is 2. The second kappa shape index (κ2) is 9.55. The van der Waals surface area contributed by atoms with Gasteiger partial charge in [0.05, 0.1) is 13.2 Å². The molecule has 0 aromatic heterocycles. The minimum absolute atomic E-state index is 0.171. The van der Waals surface area contributed by atoms with Crippen LogP contribution in [0.4, 0.5) is 0 Å². The number of carbonyl (C=O) groups excluding carboxylic acids is 2. The Labute approximate surface area is 168 Å². The van der Waals surface area contributed by atoms with E-state index in [0.29, 0.717) is 0 Å². The summed E-state index contributed by atoms with van der Waals surface area (Å²) in [5.74, 6) is -2.89. The van der Waals surface area contributed by atoms with Gasteiger partial charge in [0.2, 0.25) is 11.6 Å². The molecule has 0 saturated heterocycles. The molecule has 0 fully saturated rings. The van der Waals surface area contributed by atoms with Crippen molar-refractivity contribution in [3.8, 4) is 0 Å². The van der Waals surface area contributed by atoms with Gasteiger partial charge in [0, 0.05) is 11.8 Å². The lowest BCUT2D eigenvalue weighted by molar-refractivity contribution is -0.116. The Morgan fingerprint density at radius 3 is 1.31 bits per heavy atom. The Morgan fingerprint density at radius 2 is 1.04 bits per heavy atom. The van der Waals surface area contributed by atoms with Gasteiger partial charge < -0.3 is 0 Å². The second-order valence-electron chi connectivity index (χ2n) is 4.17. The summed E-state index contributed by atoms with van der Waals surface area (Å²) in [6.07, 6.45) is 0. The molecule has 0 radical (unpaired) electrons. The molecule has 1 rings (SSSR count). The molecule has 1 aliphatic carbocycles. The minimum Gasteiger partial charge on any atom is -0.286 e. The predicted molar refractivity (Wildman–Crippen MR) is 93.2 cm³/mol. The fourth-order valence-corrected chi connectivity index (χ4v) is 3.94. The third-order valence-electron chi connectivity index (χ3n) is 2.38. The van der Waals surface area contributed by atoms with Crippen LogP contribution < -0.4 is 9.44 Å². The first kappa shape index (κ1) is 23.4. The monoisotopic (exact) mass is 490 g/mol. The van der Waals surface area contributed by atoms with Gasteiger partial charge in [-0.25, -0.2) is 0 Å². The first-order valence-corrected chi connectivity index (χ1v) is 10.9. The van der Waals surface area contributed by atoms with Crippen molar-refractivity contribution >= 4 is 78.6 Å². The lowest BCUT2D eigenvalue weighted by Crippen LogP contribution is -2.38. The highest BCUT2D eigenvalue weighted by atomic mass is 35.5. The summed E-state index contributed by atoms with van der Waals surface area (Å²) < 4.78 is 58.6. The fraction of sp³-hybridized carbons (Fsp3) is 0.400. The largest absolute Gasteiger partial charge is 0.360 e. The van der Waals surface area contributed by atoms with Crippen molar-refractivity contribution in [3.63, 3.8) is 0 Å². The third kappa shape index (κ3) is 6.23. The van der Waals surface area contributed by atoms with Crippen LogP contribution in [-0.4, -0.2) is 53.4 Å². The van der Waals surface area contributed by atoms with Crippen LogP contribution in [-0.2, 0) is 38.6 Å². The molecule has 26 heavy (non-hydrogen) atoms. The lowest BCUT2D eigenvalue weighted by atomic mass is 10.1. The van der Waals surface area contributed by atoms with E-state index in [1.165, 1.54) is 0 Å². The summed E-state index contributed by atoms with van der Waals surface area (Å²) >= 11 is 21.9. The van der Waals surface area contributed by atoms with Crippen molar-refractivity contribution in [2.75, 3.05) is 25.0 Å². The molecule has 0 bridgehead atoms. The minimum atomic E-state index is -4.53. The van der Waals surface area contributed by atoms with Crippen molar-refractivity contribution in [2.45, 2.75) is 0 Å². The Morgan fingerprint density at radius 1 is 0.731 bits per heavy atom. The number of allylic oxidation sites excluding steroid dienone is 2. The van der Waals surface area contributed by atoms with Crippen molar-refractivity contribution in [1.29, 1.82) is 0 Å². The summed E-state index contributed by atoms with van der Waals surface area (Å²) in [6, 6.07) is 0. The molecular weight excluding hydrogens is 482 g/mol. The number of carbonyl (C=O) groups is 2. The van der Waals surface area contributed by atoms with Crippen molar-refractivity contribution in [2.24, 2.45) is 0 Å². The highest BCUT2D eigenvalue weighted by Gasteiger charge is 2.37. The molecule has 0 saturated carbocycles. The van der Waals surface area contributed by atoms with Crippen LogP contribution in [0.3, 0.4) is 0 Å². The molecular formula is C10H10Cl4N2O8S2. The van der Waals surface area contributed by atoms with Gasteiger partial charge in [0.25, 0.3) is 0 Å². The standard InChI is InChI=1S/C10H10Cl4N2O8S2/c11-1-3-23-25(19,20)15-7-5(13)10(18)8(6(14)9(7)17)16-26(21,22)24-4-2-12/h15-16H,1-4H2. The molecule has 0 amide bonds. The molecule has 2 N–H and O–H groups in total. The van der Waals surface area contributed by atoms with Crippen LogP contribution in [0.5, 0.6) is 0 Å². The average Bonchev–Trinajstić information content (AvgIpc) is 2.57. The fourth-order valence-electron chi connectivity index (χ4n) is 1.42. The van der Waals surface area contributed by atoms with Crippen LogP contribution in [0.15, 0.2) is 21.5 Å². The highest BCUT2D eigenvalue weighted by molar-refractivity contribution is 7.85. The van der Waals surface area contributed by atoms with E-state index in [1.54, 1.807) is 9.44 Å². The van der Waals surface area contributed by atoms with E-state index >= 15 is 0 Å². The van der Waals surface area contributed by atoms with Crippen LogP contribution >= 0.6 is 46.4 Å². The number of halogens is 4. The molecule has 16 heteroatoms. The number of rotatable bonds is 10. The smallest absolute Gasteiger partial charge is 0.286 e. The van der Waals surface area contributed by atoms with Gasteiger partial charge >= 0.3 is 20.6 Å². The van der Waals surface area contributed by atoms with E-state index in [1.807, 2.05) is 0 Å². The van der Waals surface area contributed by atoms with Crippen LogP contribution in [0.1, 0.15) is 0 Å². The molecule has 10 nitrogen and oxygen atoms in total. The van der Waals surface area contributed by atoms with Gasteiger partial charge in [-0.05, 0) is 0 Å². The van der Waals surface area contributed by atoms with Gasteiger partial charge in [0.15, 0.2) is 0 Å². The molecule has 0 aromatic carbocycles. The first-order valence-electron chi connectivity index (χ1n) is 6.31. The van der Waals surface area contributed by atoms with Crippen molar-refractivity contribution < 1.29 is 34.8 Å². The van der Waals surface area contributed by atoms with E-state index in [9.17, 15) is 26.4 Å². The molecule has 0 atom stereocenters. The number of alkyl halides is 2. The summed E-state index contributed by atoms with van der Waals surface area (Å²) in [7, 11) is -9.06. The Kier molecular flexibility index (Phi) is 8.61. The number of hydrogen-bond acceptors (Lipinski definition) is 8. The van der Waals surface area contributed by atoms with Gasteiger partial charge in [-0.1, -0.05) is 23.2 Å². The van der Waals surface area contributed by atoms with Crippen molar-refractivity contribution in [1.82, 2.24) is 9.44 Å². The molecule has 0 aliphatic heterocycles. The summed E-state index contributed by atoms with van der Waals surface area (Å²) in [6.45, 7) is -0.840. The molecule has 1 aliphatic rings. The van der Waals surface area contributed by atoms with Gasteiger partial charge in [0.1, 0.15) is 21.5 Å². The van der Waals surface area contributed by atoms with E-state index in [2.05, 4.69) is 8.37 Å². The van der Waals surface area contributed by atoms with Crippen LogP contribution in [0, 0.1) is 0 Å². The Hall–Kier alpha value is -0.600. The normalized spacial score (nSPS) is 16.3. The quantitative estimate of drug-likeness (QED) is 0.326. The average molecular weight is 492 g/mol. The summed E-state index contributed by atoms with van der Waals surface area (Å²) in [5, 5.41) is -1.88. The molecule has 0 heterocycles. The highest BCUT2D eigenvalue weighted by Crippen LogP contribution is 2.28. The second-order valence-corrected chi connectivity index (χ2v) is 8.38. The van der Waals surface area contributed by atoms with Crippen LogP contribution in [0.25, 0.3) is 0 Å². The zero-order chi connectivity index (χ0) is 20.1. The lowest BCUT2D eigenvalue weighted by Gasteiger charge is -2.19. The predicted octanol–water partition coefficient (Wildman–Crippen LogP) is 0.219. The van der Waals surface area contributed by atoms with Gasteiger partial charge in [-0.3, -0.25) is 27.4 Å². The molecule has 0 spiro atoms. The summed E-state index contributed by atoms with van der Waals surface area (Å²) in [5.41, 5.74) is -1.83. The maximum Gasteiger partial charge on any atom is 0.360 e. The zero-order valence-electron chi connectivity index (χ0n) is 12.4. The molecule has 148 valence electrons. The molecule has 0 unspecified atom stereocenters. The Balaban J connectivity index is 3.13. The van der Waals surface area contributed by atoms with Gasteiger partial charge in [-0.2, -0.15) is 16.8 Å². The van der Waals surface area contributed by atoms with E-state index in [0.717, 1.165) is 0 Å². The maximum absolute atomic E-state index is 12.2. The van der Waals surface area contributed by atoms with Crippen LogP contribution in [0.2, 0.25) is 0 Å². The van der Waals surface area contributed by atoms with E-state index < -0.39 is 66.8 Å². The maximum atomic E-state index is 12.2. The SMILES string of the molecule is O=C1C(Cl)=C(NS(=O)(=O)OCCCl)C(=O)C(Cl)=C1NS(=O)(=O)OCCCl. The molecule has 0 aromatic rings. The van der Waals surface area contributed by atoms with E-state index in [4.69, 9.17) is 46.4 Å². The topological polar surface area (TPSA) is 145 Å². The third-order valence-corrected chi connectivity index (χ3v) is 5.27. The van der Waals surface area contributed by atoms with Gasteiger partial charge in [-0.15, -0.1) is 23.2 Å².